The number of aliphatic hydroxyl groups is 2. The van der Waals surface area contributed by atoms with E-state index in [0.717, 1.165) is 24.9 Å². The van der Waals surface area contributed by atoms with Crippen molar-refractivity contribution in [1.82, 2.24) is 14.5 Å². The van der Waals surface area contributed by atoms with Crippen LogP contribution in [-0.2, 0) is 18.9 Å². The van der Waals surface area contributed by atoms with Gasteiger partial charge in [-0.1, -0.05) is 18.8 Å². The van der Waals surface area contributed by atoms with Crippen LogP contribution in [0.15, 0.2) is 12.3 Å². The lowest BCUT2D eigenvalue weighted by Gasteiger charge is -2.18. The number of hydrogen-bond acceptors (Lipinski definition) is 9. The number of nitrogens with zero attached hydrogens (tertiary/aromatic N) is 3. The Balaban J connectivity index is 1.65. The van der Waals surface area contributed by atoms with Gasteiger partial charge in [0.2, 0.25) is 5.82 Å². The summed E-state index contributed by atoms with van der Waals surface area (Å²) in [7, 11) is -3.86. The van der Waals surface area contributed by atoms with Crippen LogP contribution < -0.4 is 5.32 Å². The molecular weight excluding hydrogens is 475 g/mol. The Labute approximate surface area is 204 Å². The van der Waals surface area contributed by atoms with Crippen LogP contribution in [0.25, 0.3) is 11.0 Å². The summed E-state index contributed by atoms with van der Waals surface area (Å²) >= 11 is 0. The van der Waals surface area contributed by atoms with Crippen molar-refractivity contribution in [2.24, 2.45) is 5.41 Å². The maximum Gasteiger partial charge on any atom is 0.352 e. The van der Waals surface area contributed by atoms with Gasteiger partial charge in [0.15, 0.2) is 6.23 Å². The summed E-state index contributed by atoms with van der Waals surface area (Å²) in [6.45, 7) is 6.63. The first-order valence-electron chi connectivity index (χ1n) is 11.7. The van der Waals surface area contributed by atoms with E-state index in [-0.39, 0.29) is 12.0 Å². The number of anilines is 1. The third-order valence-electron chi connectivity index (χ3n) is 5.85. The number of nitrogens with one attached hydrogen (secondary N) is 1. The number of fused-ring (bicyclic) bond motifs is 1. The predicted molar refractivity (Wildman–Crippen MR) is 128 cm³/mol. The highest BCUT2D eigenvalue weighted by Crippen LogP contribution is 2.38. The summed E-state index contributed by atoms with van der Waals surface area (Å²) in [4.78, 5) is 23.3. The van der Waals surface area contributed by atoms with Crippen LogP contribution in [-0.4, -0.2) is 67.3 Å². The van der Waals surface area contributed by atoms with Crippen molar-refractivity contribution in [3.63, 3.8) is 0 Å². The molecule has 1 aliphatic heterocycles. The molecule has 1 saturated carbocycles. The summed E-state index contributed by atoms with van der Waals surface area (Å²) in [5, 5.41) is 25.5. The van der Waals surface area contributed by atoms with Gasteiger partial charge in [0.25, 0.3) is 0 Å². The topological polar surface area (TPSA) is 148 Å². The third-order valence-corrected chi connectivity index (χ3v) is 6.23. The van der Waals surface area contributed by atoms with E-state index in [1.54, 1.807) is 10.8 Å². The zero-order valence-corrected chi connectivity index (χ0v) is 21.2. The van der Waals surface area contributed by atoms with E-state index in [1.165, 1.54) is 12.8 Å². The Kier molecular flexibility index (Phi) is 7.55. The maximum atomic E-state index is 11.3. The summed E-state index contributed by atoms with van der Waals surface area (Å²) in [6.07, 6.45) is 1.60. The Bertz CT molecular complexity index is 1160. The minimum atomic E-state index is -3.86. The SMILES string of the molecule is CC(C)(C)C#Cc1nc(NC2CCCC2)c2ccn([C@@H]3O[C@H](COOP(C)(=O)O)[C@@H](O)[C@H]3O)c2n1. The fraction of sp³-hybridized carbons (Fsp3) is 0.652. The average molecular weight is 509 g/mol. The maximum absolute atomic E-state index is 11.3. The molecule has 1 aliphatic carbocycles. The molecule has 35 heavy (non-hydrogen) atoms. The van der Waals surface area contributed by atoms with Gasteiger partial charge in [0.05, 0.1) is 5.39 Å². The molecule has 192 valence electrons. The van der Waals surface area contributed by atoms with E-state index in [9.17, 15) is 19.7 Å². The molecule has 0 aromatic carbocycles. The van der Waals surface area contributed by atoms with Crippen LogP contribution in [0.5, 0.6) is 0 Å². The first-order valence-corrected chi connectivity index (χ1v) is 13.8. The first-order chi connectivity index (χ1) is 16.4. The number of hydrogen-bond donors (Lipinski definition) is 4. The molecule has 0 spiro atoms. The second-order valence-electron chi connectivity index (χ2n) is 10.2. The second kappa shape index (κ2) is 10.1. The van der Waals surface area contributed by atoms with Gasteiger partial charge in [-0.15, -0.1) is 4.67 Å². The molecule has 1 saturated heterocycles. The molecule has 1 unspecified atom stereocenters. The Hall–Kier alpha value is -2.03. The molecule has 2 aromatic heterocycles. The molecule has 0 amide bonds. The Morgan fingerprint density at radius 3 is 2.63 bits per heavy atom. The minimum absolute atomic E-state index is 0.236. The van der Waals surface area contributed by atoms with Gasteiger partial charge < -0.3 is 29.7 Å². The second-order valence-corrected chi connectivity index (χ2v) is 11.9. The lowest BCUT2D eigenvalue weighted by molar-refractivity contribution is -0.238. The van der Waals surface area contributed by atoms with E-state index >= 15 is 0 Å². The molecule has 11 nitrogen and oxygen atoms in total. The van der Waals surface area contributed by atoms with E-state index in [0.29, 0.717) is 23.3 Å². The van der Waals surface area contributed by atoms with E-state index in [1.807, 2.05) is 26.8 Å². The molecule has 2 aromatic rings. The van der Waals surface area contributed by atoms with Crippen LogP contribution >= 0.6 is 7.60 Å². The van der Waals surface area contributed by atoms with E-state index in [4.69, 9.17) is 9.62 Å². The fourth-order valence-corrected chi connectivity index (χ4v) is 4.46. The van der Waals surface area contributed by atoms with Crippen LogP contribution in [0.1, 0.15) is 58.5 Å². The first kappa shape index (κ1) is 26.0. The summed E-state index contributed by atoms with van der Waals surface area (Å²) in [5.74, 6) is 7.22. The highest BCUT2D eigenvalue weighted by Gasteiger charge is 2.44. The zero-order valence-electron chi connectivity index (χ0n) is 20.3. The van der Waals surface area contributed by atoms with Crippen molar-refractivity contribution < 1.29 is 34.0 Å². The van der Waals surface area contributed by atoms with Crippen molar-refractivity contribution in [2.75, 3.05) is 18.6 Å². The number of ether oxygens (including phenoxy) is 1. The molecule has 4 N–H and O–H groups in total. The summed E-state index contributed by atoms with van der Waals surface area (Å²) in [5.41, 5.74) is 0.266. The molecule has 5 atom stereocenters. The van der Waals surface area contributed by atoms with Gasteiger partial charge in [0.1, 0.15) is 36.4 Å². The lowest BCUT2D eigenvalue weighted by Crippen LogP contribution is -2.33. The molecule has 2 aliphatic rings. The molecule has 0 radical (unpaired) electrons. The third kappa shape index (κ3) is 6.40. The van der Waals surface area contributed by atoms with Crippen LogP contribution in [0, 0.1) is 17.3 Å². The largest absolute Gasteiger partial charge is 0.387 e. The van der Waals surface area contributed by atoms with Crippen LogP contribution in [0.4, 0.5) is 5.82 Å². The molecule has 4 rings (SSSR count). The minimum Gasteiger partial charge on any atom is -0.387 e. The predicted octanol–water partition coefficient (Wildman–Crippen LogP) is 2.57. The van der Waals surface area contributed by atoms with Crippen molar-refractivity contribution in [3.05, 3.63) is 18.1 Å². The number of aromatic nitrogens is 3. The van der Waals surface area contributed by atoms with E-state index < -0.39 is 32.1 Å². The van der Waals surface area contributed by atoms with Crippen LogP contribution in [0.2, 0.25) is 0 Å². The van der Waals surface area contributed by atoms with Crippen molar-refractivity contribution in [1.29, 1.82) is 0 Å². The number of aliphatic hydroxyl groups excluding tert-OH is 2. The Morgan fingerprint density at radius 2 is 1.97 bits per heavy atom. The lowest BCUT2D eigenvalue weighted by atomic mass is 9.98. The van der Waals surface area contributed by atoms with Crippen molar-refractivity contribution >= 4 is 24.4 Å². The molecule has 3 heterocycles. The summed E-state index contributed by atoms with van der Waals surface area (Å²) in [6, 6.07) is 2.15. The monoisotopic (exact) mass is 508 g/mol. The van der Waals surface area contributed by atoms with Gasteiger partial charge in [0, 0.05) is 24.3 Å². The molecular formula is C23H33N4O7P. The van der Waals surface area contributed by atoms with Crippen molar-refractivity contribution in [2.45, 2.75) is 77.0 Å². The zero-order chi connectivity index (χ0) is 25.4. The normalized spacial score (nSPS) is 27.1. The molecule has 0 bridgehead atoms. The average Bonchev–Trinajstić information content (AvgIpc) is 3.47. The fourth-order valence-electron chi connectivity index (χ4n) is 4.20. The highest BCUT2D eigenvalue weighted by molar-refractivity contribution is 7.51. The summed E-state index contributed by atoms with van der Waals surface area (Å²) < 4.78 is 23.1. The Morgan fingerprint density at radius 1 is 1.26 bits per heavy atom. The van der Waals surface area contributed by atoms with Crippen LogP contribution in [0.3, 0.4) is 0 Å². The van der Waals surface area contributed by atoms with Gasteiger partial charge in [-0.2, -0.15) is 0 Å². The van der Waals surface area contributed by atoms with E-state index in [2.05, 4.69) is 31.8 Å². The highest BCUT2D eigenvalue weighted by atomic mass is 31.2. The van der Waals surface area contributed by atoms with Gasteiger partial charge in [-0.25, -0.2) is 14.9 Å². The molecule has 2 fully saturated rings. The molecule has 12 heteroatoms. The van der Waals surface area contributed by atoms with Gasteiger partial charge in [-0.05, 0) is 45.6 Å². The van der Waals surface area contributed by atoms with Gasteiger partial charge >= 0.3 is 7.60 Å². The quantitative estimate of drug-likeness (QED) is 0.190. The smallest absolute Gasteiger partial charge is 0.352 e. The van der Waals surface area contributed by atoms with Gasteiger partial charge in [-0.3, -0.25) is 4.57 Å². The standard InChI is InChI=1S/C23H33N4O7P/c1-23(2,3)11-9-17-25-20(24-14-7-5-6-8-14)15-10-12-27(21(15)26-17)22-19(29)18(28)16(33-22)13-32-34-35(4,30)31/h10,12,14,16,18-19,22,28-29H,5-8,13H2,1-4H3,(H,30,31)(H,24,25,26)/t16-,18-,19-,22-/m1/s1. The number of rotatable bonds is 7. The van der Waals surface area contributed by atoms with Crippen molar-refractivity contribution in [3.8, 4) is 11.8 Å².